The Morgan fingerprint density at radius 1 is 1.47 bits per heavy atom. The lowest BCUT2D eigenvalue weighted by molar-refractivity contribution is -0.115. The molecule has 0 radical (unpaired) electrons. The van der Waals surface area contributed by atoms with Crippen LogP contribution in [0, 0.1) is 5.82 Å². The van der Waals surface area contributed by atoms with Crippen molar-refractivity contribution in [2.45, 2.75) is 18.2 Å². The molecule has 0 aliphatic heterocycles. The van der Waals surface area contributed by atoms with Crippen LogP contribution in [-0.4, -0.2) is 25.4 Å². The van der Waals surface area contributed by atoms with Gasteiger partial charge in [-0.05, 0) is 24.6 Å². The first kappa shape index (κ1) is 15.9. The smallest absolute Gasteiger partial charge is 0.238 e. The third-order valence-electron chi connectivity index (χ3n) is 2.17. The quantitative estimate of drug-likeness (QED) is 0.798. The molecule has 0 aliphatic carbocycles. The summed E-state index contributed by atoms with van der Waals surface area (Å²) in [6.45, 7) is 1.83. The average Bonchev–Trinajstić information content (AvgIpc) is 2.30. The van der Waals surface area contributed by atoms with Gasteiger partial charge in [-0.1, -0.05) is 22.9 Å². The molecule has 106 valence electrons. The van der Waals surface area contributed by atoms with Crippen LogP contribution >= 0.6 is 15.9 Å². The Kier molecular flexibility index (Phi) is 5.30. The van der Waals surface area contributed by atoms with E-state index in [2.05, 4.69) is 21.2 Å². The first-order chi connectivity index (χ1) is 8.73. The van der Waals surface area contributed by atoms with Gasteiger partial charge >= 0.3 is 0 Å². The third kappa shape index (κ3) is 5.15. The lowest BCUT2D eigenvalue weighted by Gasteiger charge is -2.11. The average molecular weight is 353 g/mol. The largest absolute Gasteiger partial charge is 0.325 e. The Morgan fingerprint density at radius 3 is 2.63 bits per heavy atom. The van der Waals surface area contributed by atoms with Crippen molar-refractivity contribution >= 4 is 43.2 Å². The number of halogens is 2. The topological polar surface area (TPSA) is 75.3 Å². The Labute approximate surface area is 119 Å². The van der Waals surface area contributed by atoms with Gasteiger partial charge in [-0.2, -0.15) is 0 Å². The van der Waals surface area contributed by atoms with Crippen LogP contribution in [-0.2, 0) is 14.8 Å². The van der Waals surface area contributed by atoms with Gasteiger partial charge in [0.1, 0.15) is 5.82 Å². The number of benzene rings is 1. The van der Waals surface area contributed by atoms with Crippen molar-refractivity contribution in [1.29, 1.82) is 0 Å². The zero-order chi connectivity index (χ0) is 14.6. The van der Waals surface area contributed by atoms with Crippen molar-refractivity contribution in [3.63, 3.8) is 0 Å². The number of hydrogen-bond donors (Lipinski definition) is 2. The number of carbonyl (C=O) groups excluding carboxylic acids is 1. The summed E-state index contributed by atoms with van der Waals surface area (Å²) in [5.41, 5.74) is 0.110. The molecule has 0 fully saturated rings. The van der Waals surface area contributed by atoms with Crippen molar-refractivity contribution in [3.8, 4) is 0 Å². The summed E-state index contributed by atoms with van der Waals surface area (Å²) in [5.74, 6) is -0.992. The Bertz CT molecular complexity index is 577. The molecule has 1 amide bonds. The molecular formula is C11H14BrFN2O3S. The van der Waals surface area contributed by atoms with E-state index in [1.165, 1.54) is 12.1 Å². The van der Waals surface area contributed by atoms with Gasteiger partial charge in [0.15, 0.2) is 0 Å². The lowest BCUT2D eigenvalue weighted by atomic mass is 10.2. The van der Waals surface area contributed by atoms with Gasteiger partial charge in [0.2, 0.25) is 15.9 Å². The molecule has 0 aromatic heterocycles. The van der Waals surface area contributed by atoms with Crippen LogP contribution in [0.5, 0.6) is 0 Å². The van der Waals surface area contributed by atoms with Crippen molar-refractivity contribution in [2.24, 2.45) is 0 Å². The van der Waals surface area contributed by atoms with Crippen LogP contribution < -0.4 is 10.0 Å². The minimum absolute atomic E-state index is 0.206. The molecule has 2 N–H and O–H groups in total. The van der Waals surface area contributed by atoms with Gasteiger partial charge in [-0.25, -0.2) is 12.8 Å². The van der Waals surface area contributed by atoms with E-state index in [0.29, 0.717) is 12.1 Å². The molecule has 0 aliphatic rings. The second-order valence-electron chi connectivity index (χ2n) is 3.93. The number of sulfonamides is 1. The normalized spacial score (nSPS) is 12.8. The Balaban J connectivity index is 2.93. The highest BCUT2D eigenvalue weighted by Gasteiger charge is 2.14. The summed E-state index contributed by atoms with van der Waals surface area (Å²) in [6.07, 6.45) is 1.52. The van der Waals surface area contributed by atoms with Crippen molar-refractivity contribution in [1.82, 2.24) is 0 Å². The highest BCUT2D eigenvalue weighted by atomic mass is 79.9. The molecule has 8 heteroatoms. The van der Waals surface area contributed by atoms with E-state index in [1.54, 1.807) is 0 Å². The van der Waals surface area contributed by atoms with Gasteiger partial charge in [0.05, 0.1) is 16.8 Å². The summed E-state index contributed by atoms with van der Waals surface area (Å²) in [4.78, 5) is 11.3. The van der Waals surface area contributed by atoms with E-state index in [9.17, 15) is 17.6 Å². The predicted molar refractivity (Wildman–Crippen MR) is 76.5 cm³/mol. The molecule has 0 bridgehead atoms. The molecule has 19 heavy (non-hydrogen) atoms. The zero-order valence-electron chi connectivity index (χ0n) is 10.4. The highest BCUT2D eigenvalue weighted by Crippen LogP contribution is 2.21. The van der Waals surface area contributed by atoms with Gasteiger partial charge in [0.25, 0.3) is 0 Å². The molecule has 5 nitrogen and oxygen atoms in total. The molecule has 0 spiro atoms. The van der Waals surface area contributed by atoms with Gasteiger partial charge in [0, 0.05) is 5.69 Å². The van der Waals surface area contributed by atoms with Crippen LogP contribution in [0.1, 0.15) is 13.3 Å². The van der Waals surface area contributed by atoms with Crippen molar-refractivity contribution in [3.05, 3.63) is 24.0 Å². The summed E-state index contributed by atoms with van der Waals surface area (Å²) in [7, 11) is -3.58. The third-order valence-corrected chi connectivity index (χ3v) is 3.83. The molecule has 0 heterocycles. The maximum absolute atomic E-state index is 13.4. The first-order valence-electron chi connectivity index (χ1n) is 5.45. The monoisotopic (exact) mass is 352 g/mol. The zero-order valence-corrected chi connectivity index (χ0v) is 12.8. The molecule has 1 rings (SSSR count). The fraction of sp³-hybridized carbons (Fsp3) is 0.364. The number of rotatable bonds is 5. The van der Waals surface area contributed by atoms with Crippen molar-refractivity contribution in [2.75, 3.05) is 16.3 Å². The van der Waals surface area contributed by atoms with Crippen LogP contribution in [0.3, 0.4) is 0 Å². The standard InChI is InChI=1S/C11H14BrFN2O3S/c1-3-8(12)11(16)14-7-4-5-9(13)10(6-7)15-19(2,17)18/h4-6,8,15H,3H2,1-2H3,(H,14,16). The fourth-order valence-electron chi connectivity index (χ4n) is 1.29. The molecule has 1 aromatic rings. The highest BCUT2D eigenvalue weighted by molar-refractivity contribution is 9.10. The number of alkyl halides is 1. The summed E-state index contributed by atoms with van der Waals surface area (Å²) < 4.78 is 37.6. The van der Waals surface area contributed by atoms with Gasteiger partial charge in [-0.3, -0.25) is 9.52 Å². The van der Waals surface area contributed by atoms with Crippen LogP contribution in [0.15, 0.2) is 18.2 Å². The Morgan fingerprint density at radius 2 is 2.11 bits per heavy atom. The fourth-order valence-corrected chi connectivity index (χ4v) is 1.96. The molecule has 1 aromatic carbocycles. The minimum atomic E-state index is -3.58. The number of hydrogen-bond acceptors (Lipinski definition) is 3. The Hall–Kier alpha value is -1.15. The predicted octanol–water partition coefficient (Wildman–Crippen LogP) is 2.31. The van der Waals surface area contributed by atoms with Crippen LogP contribution in [0.4, 0.5) is 15.8 Å². The van der Waals surface area contributed by atoms with E-state index in [0.717, 1.165) is 12.3 Å². The SMILES string of the molecule is CCC(Br)C(=O)Nc1ccc(F)c(NS(C)(=O)=O)c1. The number of carbonyl (C=O) groups is 1. The molecule has 0 saturated carbocycles. The van der Waals surface area contributed by atoms with E-state index < -0.39 is 15.8 Å². The maximum Gasteiger partial charge on any atom is 0.238 e. The number of amides is 1. The molecular weight excluding hydrogens is 339 g/mol. The van der Waals surface area contributed by atoms with E-state index in [1.807, 2.05) is 11.6 Å². The summed E-state index contributed by atoms with van der Waals surface area (Å²) >= 11 is 3.18. The van der Waals surface area contributed by atoms with Crippen LogP contribution in [0.25, 0.3) is 0 Å². The van der Waals surface area contributed by atoms with E-state index in [-0.39, 0.29) is 16.4 Å². The molecule has 1 unspecified atom stereocenters. The molecule has 0 saturated heterocycles. The van der Waals surface area contributed by atoms with Gasteiger partial charge in [-0.15, -0.1) is 0 Å². The minimum Gasteiger partial charge on any atom is -0.325 e. The van der Waals surface area contributed by atoms with Gasteiger partial charge < -0.3 is 5.32 Å². The number of anilines is 2. The summed E-state index contributed by atoms with van der Waals surface area (Å²) in [6, 6.07) is 3.66. The second-order valence-corrected chi connectivity index (χ2v) is 6.79. The van der Waals surface area contributed by atoms with E-state index in [4.69, 9.17) is 0 Å². The first-order valence-corrected chi connectivity index (χ1v) is 8.26. The molecule has 1 atom stereocenters. The second kappa shape index (κ2) is 6.33. The summed E-state index contributed by atoms with van der Waals surface area (Å²) in [5, 5.41) is 2.56. The lowest BCUT2D eigenvalue weighted by Crippen LogP contribution is -2.22. The van der Waals surface area contributed by atoms with Crippen LogP contribution in [0.2, 0.25) is 0 Å². The van der Waals surface area contributed by atoms with Crippen molar-refractivity contribution < 1.29 is 17.6 Å². The number of nitrogens with one attached hydrogen (secondary N) is 2. The maximum atomic E-state index is 13.4. The van der Waals surface area contributed by atoms with E-state index >= 15 is 0 Å².